The predicted octanol–water partition coefficient (Wildman–Crippen LogP) is 3.91. The highest BCUT2D eigenvalue weighted by Gasteiger charge is 2.22. The summed E-state index contributed by atoms with van der Waals surface area (Å²) in [6, 6.07) is 3.72. The zero-order valence-corrected chi connectivity index (χ0v) is 16.5. The number of anilines is 1. The Balaban J connectivity index is 1.57. The number of aromatic amines is 1. The summed E-state index contributed by atoms with van der Waals surface area (Å²) < 4.78 is 5.66. The molecule has 3 aromatic rings. The lowest BCUT2D eigenvalue weighted by atomic mass is 9.89. The van der Waals surface area contributed by atoms with Gasteiger partial charge in [-0.05, 0) is 31.9 Å². The van der Waals surface area contributed by atoms with Crippen molar-refractivity contribution in [2.45, 2.75) is 39.0 Å². The first-order chi connectivity index (χ1) is 13.7. The van der Waals surface area contributed by atoms with Crippen molar-refractivity contribution in [3.8, 4) is 27.2 Å². The van der Waals surface area contributed by atoms with Gasteiger partial charge in [0, 0.05) is 17.7 Å². The Hall–Kier alpha value is -2.81. The Morgan fingerprint density at radius 2 is 2.18 bits per heavy atom. The van der Waals surface area contributed by atoms with Gasteiger partial charge >= 0.3 is 0 Å². The van der Waals surface area contributed by atoms with Gasteiger partial charge < -0.3 is 10.1 Å². The summed E-state index contributed by atoms with van der Waals surface area (Å²) in [6.45, 7) is 2.41. The number of aromatic nitrogens is 5. The molecular weight excluding hydrogens is 376 g/mol. The van der Waals surface area contributed by atoms with E-state index in [0.717, 1.165) is 41.1 Å². The number of thiazole rings is 1. The molecule has 9 heteroatoms. The van der Waals surface area contributed by atoms with E-state index in [4.69, 9.17) is 4.74 Å². The molecule has 0 spiro atoms. The first-order valence-corrected chi connectivity index (χ1v) is 10.3. The molecule has 146 valence electrons. The van der Waals surface area contributed by atoms with Crippen molar-refractivity contribution in [2.24, 2.45) is 5.92 Å². The minimum atomic E-state index is 0.0563. The van der Waals surface area contributed by atoms with Crippen LogP contribution in [0.4, 0.5) is 5.82 Å². The Labute approximate surface area is 166 Å². The number of ether oxygens (including phenoxy) is 1. The molecule has 2 N–H and O–H groups in total. The van der Waals surface area contributed by atoms with Crippen LogP contribution in [0.25, 0.3) is 21.3 Å². The maximum Gasteiger partial charge on any atom is 0.236 e. The zero-order valence-electron chi connectivity index (χ0n) is 15.6. The van der Waals surface area contributed by atoms with Crippen LogP contribution in [-0.2, 0) is 4.79 Å². The second kappa shape index (κ2) is 8.47. The van der Waals surface area contributed by atoms with Gasteiger partial charge in [0.15, 0.2) is 5.82 Å². The highest BCUT2D eigenvalue weighted by Crippen LogP contribution is 2.38. The van der Waals surface area contributed by atoms with E-state index < -0.39 is 0 Å². The fraction of sp³-hybridized carbons (Fsp3) is 0.421. The van der Waals surface area contributed by atoms with Crippen LogP contribution < -0.4 is 10.1 Å². The van der Waals surface area contributed by atoms with E-state index >= 15 is 0 Å². The van der Waals surface area contributed by atoms with Gasteiger partial charge in [-0.3, -0.25) is 9.89 Å². The highest BCUT2D eigenvalue weighted by atomic mass is 32.1. The smallest absolute Gasteiger partial charge is 0.236 e. The van der Waals surface area contributed by atoms with Gasteiger partial charge in [0.1, 0.15) is 22.0 Å². The van der Waals surface area contributed by atoms with Gasteiger partial charge in [0.25, 0.3) is 0 Å². The Bertz CT molecular complexity index is 934. The van der Waals surface area contributed by atoms with E-state index in [9.17, 15) is 4.79 Å². The highest BCUT2D eigenvalue weighted by molar-refractivity contribution is 7.18. The SMILES string of the molecule is CCOc1nc(-c2ccnc(NC(=O)C3CCCCC3)c2)sc1-c1ncn[nH]1. The van der Waals surface area contributed by atoms with Crippen molar-refractivity contribution < 1.29 is 9.53 Å². The van der Waals surface area contributed by atoms with Crippen molar-refractivity contribution in [1.29, 1.82) is 0 Å². The third kappa shape index (κ3) is 4.04. The van der Waals surface area contributed by atoms with Crippen LogP contribution in [0.1, 0.15) is 39.0 Å². The lowest BCUT2D eigenvalue weighted by Gasteiger charge is -2.20. The third-order valence-corrected chi connectivity index (χ3v) is 5.83. The molecule has 0 unspecified atom stereocenters. The van der Waals surface area contributed by atoms with E-state index in [1.54, 1.807) is 6.20 Å². The second-order valence-corrected chi connectivity index (χ2v) is 7.67. The summed E-state index contributed by atoms with van der Waals surface area (Å²) in [5.74, 6) is 1.82. The number of carbonyl (C=O) groups is 1. The molecule has 1 fully saturated rings. The molecule has 4 rings (SSSR count). The minimum absolute atomic E-state index is 0.0563. The number of hydrogen-bond donors (Lipinski definition) is 2. The standard InChI is InChI=1S/C19H22N6O2S/c1-2-27-18-15(16-21-11-22-25-16)28-19(24-18)13-8-9-20-14(10-13)23-17(26)12-6-4-3-5-7-12/h8-12H,2-7H2,1H3,(H,20,23,26)(H,21,22,25). The number of carbonyl (C=O) groups excluding carboxylic acids is 1. The molecule has 3 heterocycles. The van der Waals surface area contributed by atoms with E-state index in [0.29, 0.717) is 24.1 Å². The van der Waals surface area contributed by atoms with Crippen LogP contribution in [0.3, 0.4) is 0 Å². The van der Waals surface area contributed by atoms with Crippen molar-refractivity contribution in [1.82, 2.24) is 25.1 Å². The van der Waals surface area contributed by atoms with Crippen LogP contribution in [0.2, 0.25) is 0 Å². The van der Waals surface area contributed by atoms with Crippen molar-refractivity contribution in [3.05, 3.63) is 24.7 Å². The lowest BCUT2D eigenvalue weighted by Crippen LogP contribution is -2.25. The first-order valence-electron chi connectivity index (χ1n) is 9.51. The van der Waals surface area contributed by atoms with Gasteiger partial charge in [0.2, 0.25) is 11.8 Å². The van der Waals surface area contributed by atoms with Gasteiger partial charge in [-0.25, -0.2) is 15.0 Å². The molecule has 1 aliphatic rings. The summed E-state index contributed by atoms with van der Waals surface area (Å²) in [6.07, 6.45) is 8.51. The van der Waals surface area contributed by atoms with Crippen molar-refractivity contribution >= 4 is 23.1 Å². The Morgan fingerprint density at radius 1 is 1.32 bits per heavy atom. The van der Waals surface area contributed by atoms with Gasteiger partial charge in [0.05, 0.1) is 6.61 Å². The van der Waals surface area contributed by atoms with Gasteiger partial charge in [-0.1, -0.05) is 19.3 Å². The van der Waals surface area contributed by atoms with Crippen molar-refractivity contribution in [3.63, 3.8) is 0 Å². The largest absolute Gasteiger partial charge is 0.477 e. The number of rotatable bonds is 6. The molecule has 3 aromatic heterocycles. The molecule has 0 aliphatic heterocycles. The molecule has 1 amide bonds. The summed E-state index contributed by atoms with van der Waals surface area (Å²) in [7, 11) is 0. The molecule has 28 heavy (non-hydrogen) atoms. The minimum Gasteiger partial charge on any atom is -0.477 e. The summed E-state index contributed by atoms with van der Waals surface area (Å²) >= 11 is 1.46. The molecular formula is C19H22N6O2S. The maximum absolute atomic E-state index is 12.5. The van der Waals surface area contributed by atoms with Crippen LogP contribution in [0.15, 0.2) is 24.7 Å². The maximum atomic E-state index is 12.5. The molecule has 0 bridgehead atoms. The number of nitrogens with one attached hydrogen (secondary N) is 2. The van der Waals surface area contributed by atoms with Crippen LogP contribution in [0, 0.1) is 5.92 Å². The fourth-order valence-electron chi connectivity index (χ4n) is 3.35. The van der Waals surface area contributed by atoms with Crippen LogP contribution in [-0.4, -0.2) is 37.7 Å². The normalized spacial score (nSPS) is 14.8. The third-order valence-electron chi connectivity index (χ3n) is 4.74. The number of pyridine rings is 1. The Kier molecular flexibility index (Phi) is 5.61. The van der Waals surface area contributed by atoms with Crippen LogP contribution >= 0.6 is 11.3 Å². The molecule has 0 radical (unpaired) electrons. The lowest BCUT2D eigenvalue weighted by molar-refractivity contribution is -0.120. The average molecular weight is 398 g/mol. The number of amides is 1. The quantitative estimate of drug-likeness (QED) is 0.652. The molecule has 1 aliphatic carbocycles. The van der Waals surface area contributed by atoms with Gasteiger partial charge in [-0.2, -0.15) is 5.10 Å². The van der Waals surface area contributed by atoms with Gasteiger partial charge in [-0.15, -0.1) is 11.3 Å². The number of hydrogen-bond acceptors (Lipinski definition) is 7. The van der Waals surface area contributed by atoms with E-state index in [2.05, 4.69) is 30.5 Å². The number of nitrogens with zero attached hydrogens (tertiary/aromatic N) is 4. The zero-order chi connectivity index (χ0) is 19.3. The summed E-state index contributed by atoms with van der Waals surface area (Å²) in [4.78, 5) is 26.4. The Morgan fingerprint density at radius 3 is 2.93 bits per heavy atom. The first kappa shape index (κ1) is 18.5. The topological polar surface area (TPSA) is 106 Å². The fourth-order valence-corrected chi connectivity index (χ4v) is 4.31. The number of H-pyrrole nitrogens is 1. The average Bonchev–Trinajstić information content (AvgIpc) is 3.39. The van der Waals surface area contributed by atoms with Crippen LogP contribution in [0.5, 0.6) is 5.88 Å². The summed E-state index contributed by atoms with van der Waals surface area (Å²) in [5, 5.41) is 10.5. The van der Waals surface area contributed by atoms with E-state index in [-0.39, 0.29) is 11.8 Å². The monoisotopic (exact) mass is 398 g/mol. The molecule has 0 aromatic carbocycles. The molecule has 0 saturated heterocycles. The van der Waals surface area contributed by atoms with E-state index in [1.165, 1.54) is 24.1 Å². The molecule has 0 atom stereocenters. The van der Waals surface area contributed by atoms with E-state index in [1.807, 2.05) is 19.1 Å². The second-order valence-electron chi connectivity index (χ2n) is 6.67. The summed E-state index contributed by atoms with van der Waals surface area (Å²) in [5.41, 5.74) is 0.866. The predicted molar refractivity (Wildman–Crippen MR) is 107 cm³/mol. The molecule has 1 saturated carbocycles. The van der Waals surface area contributed by atoms with Crippen molar-refractivity contribution in [2.75, 3.05) is 11.9 Å². The molecule has 8 nitrogen and oxygen atoms in total.